The largest absolute Gasteiger partial charge is 0.463 e. The molecule has 30 heavy (non-hydrogen) atoms. The summed E-state index contributed by atoms with van der Waals surface area (Å²) in [4.78, 5) is 22.5. The molecule has 0 saturated heterocycles. The fraction of sp³-hybridized carbons (Fsp3) is 0.350. The molecule has 0 N–H and O–H groups in total. The standard InChI is InChI=1S/C20H24NO8P/c1-15(20(22)27-13-16(2)26-3)14-30(25,28-18-7-5-4-6-8-18)29-19-11-9-17(10-12-19)21(23)24/h4-12,15-16H,13-14H2,1-3H3/t15-,16-,30?/m0/s1. The normalized spacial score (nSPS) is 14.8. The first kappa shape index (κ1) is 23.4. The molecule has 2 rings (SSSR count). The number of ether oxygens (including phenoxy) is 2. The summed E-state index contributed by atoms with van der Waals surface area (Å²) in [6, 6.07) is 13.5. The number of hydrogen-bond acceptors (Lipinski definition) is 8. The highest BCUT2D eigenvalue weighted by atomic mass is 31.2. The second-order valence-corrected chi connectivity index (χ2v) is 8.57. The van der Waals surface area contributed by atoms with Crippen LogP contribution < -0.4 is 9.05 Å². The van der Waals surface area contributed by atoms with E-state index in [2.05, 4.69) is 0 Å². The molecule has 0 bridgehead atoms. The van der Waals surface area contributed by atoms with Gasteiger partial charge in [-0.25, -0.2) is 4.57 Å². The number of carbonyl (C=O) groups is 1. The Morgan fingerprint density at radius 1 is 1.03 bits per heavy atom. The summed E-state index contributed by atoms with van der Waals surface area (Å²) in [5.74, 6) is -0.936. The molecular weight excluding hydrogens is 413 g/mol. The van der Waals surface area contributed by atoms with E-state index in [0.29, 0.717) is 5.75 Å². The Morgan fingerprint density at radius 3 is 2.13 bits per heavy atom. The van der Waals surface area contributed by atoms with E-state index in [1.54, 1.807) is 44.2 Å². The Kier molecular flexibility index (Phi) is 8.38. The average molecular weight is 437 g/mol. The number of benzene rings is 2. The number of rotatable bonds is 11. The van der Waals surface area contributed by atoms with E-state index in [4.69, 9.17) is 18.5 Å². The smallest absolute Gasteiger partial charge is 0.431 e. The first-order valence-electron chi connectivity index (χ1n) is 9.19. The van der Waals surface area contributed by atoms with Gasteiger partial charge in [0.15, 0.2) is 0 Å². The molecule has 2 aromatic carbocycles. The van der Waals surface area contributed by atoms with Gasteiger partial charge in [0.05, 0.1) is 23.1 Å². The molecule has 0 aliphatic rings. The van der Waals surface area contributed by atoms with Crippen molar-refractivity contribution in [3.8, 4) is 11.5 Å². The van der Waals surface area contributed by atoms with Crippen LogP contribution >= 0.6 is 7.60 Å². The Balaban J connectivity index is 2.17. The first-order valence-corrected chi connectivity index (χ1v) is 10.9. The van der Waals surface area contributed by atoms with E-state index in [0.717, 1.165) is 0 Å². The summed E-state index contributed by atoms with van der Waals surface area (Å²) >= 11 is 0. The molecule has 2 aromatic rings. The van der Waals surface area contributed by atoms with Crippen molar-refractivity contribution in [1.82, 2.24) is 0 Å². The predicted molar refractivity (Wildman–Crippen MR) is 110 cm³/mol. The van der Waals surface area contributed by atoms with Crippen LogP contribution in [0, 0.1) is 16.0 Å². The average Bonchev–Trinajstić information content (AvgIpc) is 2.72. The number of nitro groups is 1. The van der Waals surface area contributed by atoms with E-state index in [1.807, 2.05) is 0 Å². The van der Waals surface area contributed by atoms with Gasteiger partial charge in [0, 0.05) is 19.2 Å². The minimum atomic E-state index is -3.87. The molecule has 0 aliphatic heterocycles. The maximum atomic E-state index is 13.5. The van der Waals surface area contributed by atoms with Gasteiger partial charge >= 0.3 is 13.6 Å². The molecule has 0 aromatic heterocycles. The van der Waals surface area contributed by atoms with Crippen LogP contribution in [0.1, 0.15) is 13.8 Å². The molecule has 0 amide bonds. The predicted octanol–water partition coefficient (Wildman–Crippen LogP) is 4.46. The highest BCUT2D eigenvalue weighted by Crippen LogP contribution is 2.50. The number of non-ortho nitro benzene ring substituents is 1. The summed E-state index contributed by atoms with van der Waals surface area (Å²) in [5.41, 5.74) is -0.134. The van der Waals surface area contributed by atoms with Crippen LogP contribution in [0.3, 0.4) is 0 Å². The maximum Gasteiger partial charge on any atom is 0.431 e. The van der Waals surface area contributed by atoms with Crippen LogP contribution in [0.4, 0.5) is 5.69 Å². The molecule has 9 nitrogen and oxygen atoms in total. The number of methoxy groups -OCH3 is 1. The molecule has 1 unspecified atom stereocenters. The zero-order valence-corrected chi connectivity index (χ0v) is 17.8. The van der Waals surface area contributed by atoms with Gasteiger partial charge in [0.2, 0.25) is 0 Å². The van der Waals surface area contributed by atoms with Crippen molar-refractivity contribution in [2.75, 3.05) is 19.9 Å². The van der Waals surface area contributed by atoms with Crippen LogP contribution in [-0.4, -0.2) is 36.9 Å². The van der Waals surface area contributed by atoms with E-state index >= 15 is 0 Å². The van der Waals surface area contributed by atoms with Crippen molar-refractivity contribution in [2.45, 2.75) is 20.0 Å². The van der Waals surface area contributed by atoms with Crippen molar-refractivity contribution >= 4 is 19.3 Å². The fourth-order valence-electron chi connectivity index (χ4n) is 2.34. The Morgan fingerprint density at radius 2 is 1.60 bits per heavy atom. The quantitative estimate of drug-likeness (QED) is 0.219. The van der Waals surface area contributed by atoms with E-state index < -0.39 is 24.4 Å². The highest BCUT2D eigenvalue weighted by molar-refractivity contribution is 7.54. The second kappa shape index (κ2) is 10.8. The number of nitrogens with zero attached hydrogens (tertiary/aromatic N) is 1. The van der Waals surface area contributed by atoms with Crippen LogP contribution in [0.5, 0.6) is 11.5 Å². The van der Waals surface area contributed by atoms with Crippen molar-refractivity contribution in [3.05, 3.63) is 64.7 Å². The molecule has 0 radical (unpaired) electrons. The third-order valence-corrected chi connectivity index (χ3v) is 6.02. The van der Waals surface area contributed by atoms with Gasteiger partial charge < -0.3 is 18.5 Å². The van der Waals surface area contributed by atoms with Crippen LogP contribution in [0.25, 0.3) is 0 Å². The van der Waals surface area contributed by atoms with Gasteiger partial charge in [-0.1, -0.05) is 25.1 Å². The van der Waals surface area contributed by atoms with Crippen molar-refractivity contribution < 1.29 is 32.8 Å². The zero-order valence-electron chi connectivity index (χ0n) is 16.9. The lowest BCUT2D eigenvalue weighted by molar-refractivity contribution is -0.384. The van der Waals surface area contributed by atoms with E-state index in [9.17, 15) is 19.5 Å². The fourth-order valence-corrected chi connectivity index (χ4v) is 4.24. The van der Waals surface area contributed by atoms with Gasteiger partial charge in [-0.05, 0) is 31.2 Å². The van der Waals surface area contributed by atoms with E-state index in [1.165, 1.54) is 31.4 Å². The van der Waals surface area contributed by atoms with Crippen molar-refractivity contribution in [1.29, 1.82) is 0 Å². The minimum Gasteiger partial charge on any atom is -0.463 e. The molecule has 162 valence electrons. The Bertz CT molecular complexity index is 887. The summed E-state index contributed by atoms with van der Waals surface area (Å²) in [7, 11) is -2.37. The molecule has 0 spiro atoms. The van der Waals surface area contributed by atoms with Crippen molar-refractivity contribution in [3.63, 3.8) is 0 Å². The third-order valence-electron chi connectivity index (χ3n) is 4.04. The lowest BCUT2D eigenvalue weighted by Gasteiger charge is -2.22. The maximum absolute atomic E-state index is 13.5. The zero-order chi connectivity index (χ0) is 22.1. The SMILES string of the molecule is CO[C@@H](C)COC(=O)[C@@H](C)CP(=O)(Oc1ccccc1)Oc1ccc([N+](=O)[O-])cc1. The molecule has 3 atom stereocenters. The van der Waals surface area contributed by atoms with Gasteiger partial charge in [0.25, 0.3) is 5.69 Å². The van der Waals surface area contributed by atoms with Gasteiger partial charge in [0.1, 0.15) is 18.1 Å². The molecule has 0 heterocycles. The van der Waals surface area contributed by atoms with Gasteiger partial charge in [-0.15, -0.1) is 0 Å². The number of nitro benzene ring substituents is 1. The summed E-state index contributed by atoms with van der Waals surface area (Å²) in [6.07, 6.45) is -0.524. The highest BCUT2D eigenvalue weighted by Gasteiger charge is 2.34. The lowest BCUT2D eigenvalue weighted by Crippen LogP contribution is -2.25. The summed E-state index contributed by atoms with van der Waals surface area (Å²) in [6.45, 7) is 3.37. The second-order valence-electron chi connectivity index (χ2n) is 6.62. The monoisotopic (exact) mass is 437 g/mol. The summed E-state index contributed by atoms with van der Waals surface area (Å²) < 4.78 is 34.9. The van der Waals surface area contributed by atoms with Crippen LogP contribution in [-0.2, 0) is 18.8 Å². The van der Waals surface area contributed by atoms with Crippen LogP contribution in [0.2, 0.25) is 0 Å². The van der Waals surface area contributed by atoms with E-state index in [-0.39, 0.29) is 30.3 Å². The number of para-hydroxylation sites is 1. The molecule has 0 fully saturated rings. The van der Waals surface area contributed by atoms with Gasteiger partial charge in [-0.3, -0.25) is 14.9 Å². The number of hydrogen-bond donors (Lipinski definition) is 0. The van der Waals surface area contributed by atoms with Crippen molar-refractivity contribution in [2.24, 2.45) is 5.92 Å². The van der Waals surface area contributed by atoms with Crippen LogP contribution in [0.15, 0.2) is 54.6 Å². The summed E-state index contributed by atoms with van der Waals surface area (Å²) in [5, 5.41) is 10.8. The topological polar surface area (TPSA) is 114 Å². The Labute approximate surface area is 174 Å². The number of esters is 1. The molecule has 0 aliphatic carbocycles. The lowest BCUT2D eigenvalue weighted by atomic mass is 10.2. The third kappa shape index (κ3) is 7.17. The number of carbonyl (C=O) groups excluding carboxylic acids is 1. The first-order chi connectivity index (χ1) is 14.2. The molecular formula is C20H24NO8P. The van der Waals surface area contributed by atoms with Gasteiger partial charge in [-0.2, -0.15) is 0 Å². The minimum absolute atomic E-state index is 0.0622. The Hall–Kier alpha value is -2.90. The molecule has 10 heteroatoms. The molecule has 0 saturated carbocycles.